The summed E-state index contributed by atoms with van der Waals surface area (Å²) in [7, 11) is -3.38. The third kappa shape index (κ3) is 1.33. The number of fused-ring (bicyclic) bond motifs is 2. The summed E-state index contributed by atoms with van der Waals surface area (Å²) >= 11 is 0. The number of carbonyl (C=O) groups is 1. The van der Waals surface area contributed by atoms with Crippen LogP contribution in [0.2, 0.25) is 0 Å². The average Bonchev–Trinajstić information content (AvgIpc) is 2.58. The van der Waals surface area contributed by atoms with Gasteiger partial charge in [-0.1, -0.05) is 0 Å². The molecular weight excluding hydrogens is 206 g/mol. The number of hydrogen-bond acceptors (Lipinski definition) is 3. The van der Waals surface area contributed by atoms with Crippen LogP contribution in [-0.4, -0.2) is 42.1 Å². The van der Waals surface area contributed by atoms with Gasteiger partial charge in [-0.15, -0.1) is 0 Å². The molecule has 5 nitrogen and oxygen atoms in total. The molecule has 2 fully saturated rings. The lowest BCUT2D eigenvalue weighted by molar-refractivity contribution is -0.142. The summed E-state index contributed by atoms with van der Waals surface area (Å²) in [5.74, 6) is -0.991. The van der Waals surface area contributed by atoms with E-state index in [9.17, 15) is 13.2 Å². The minimum atomic E-state index is -3.38. The molecule has 1 saturated carbocycles. The Balaban J connectivity index is 2.35. The standard InChI is InChI=1S/C8H13NO4S/c1-14(12,13)9-6-3-2-5(4-6)7(9)8(10)11/h5-7H,2-4H2,1H3,(H,10,11). The molecule has 14 heavy (non-hydrogen) atoms. The largest absolute Gasteiger partial charge is 0.480 e. The highest BCUT2D eigenvalue weighted by Crippen LogP contribution is 2.43. The van der Waals surface area contributed by atoms with Crippen molar-refractivity contribution >= 4 is 16.0 Å². The molecule has 2 aliphatic rings. The van der Waals surface area contributed by atoms with Crippen LogP contribution in [0.5, 0.6) is 0 Å². The predicted molar refractivity (Wildman–Crippen MR) is 49.2 cm³/mol. The fourth-order valence-corrected chi connectivity index (χ4v) is 4.14. The summed E-state index contributed by atoms with van der Waals surface area (Å²) in [6, 6.07) is -0.889. The van der Waals surface area contributed by atoms with Crippen LogP contribution in [0, 0.1) is 5.92 Å². The van der Waals surface area contributed by atoms with E-state index in [2.05, 4.69) is 0 Å². The van der Waals surface area contributed by atoms with Crippen LogP contribution in [-0.2, 0) is 14.8 Å². The molecule has 3 unspecified atom stereocenters. The van der Waals surface area contributed by atoms with E-state index in [1.165, 1.54) is 4.31 Å². The van der Waals surface area contributed by atoms with Crippen LogP contribution in [0.4, 0.5) is 0 Å². The van der Waals surface area contributed by atoms with E-state index < -0.39 is 22.0 Å². The van der Waals surface area contributed by atoms with E-state index in [4.69, 9.17) is 5.11 Å². The Morgan fingerprint density at radius 1 is 1.43 bits per heavy atom. The number of aliphatic carboxylic acids is 1. The van der Waals surface area contributed by atoms with Gasteiger partial charge in [0, 0.05) is 6.04 Å². The van der Waals surface area contributed by atoms with Gasteiger partial charge in [0.25, 0.3) is 0 Å². The molecule has 2 bridgehead atoms. The van der Waals surface area contributed by atoms with E-state index in [-0.39, 0.29) is 12.0 Å². The lowest BCUT2D eigenvalue weighted by Gasteiger charge is -2.30. The van der Waals surface area contributed by atoms with E-state index in [0.29, 0.717) is 6.42 Å². The summed E-state index contributed by atoms with van der Waals surface area (Å²) in [6.45, 7) is 0. The summed E-state index contributed by atoms with van der Waals surface area (Å²) in [5.41, 5.74) is 0. The molecule has 1 aliphatic heterocycles. The number of rotatable bonds is 2. The quantitative estimate of drug-likeness (QED) is 0.702. The van der Waals surface area contributed by atoms with E-state index in [1.807, 2.05) is 0 Å². The summed E-state index contributed by atoms with van der Waals surface area (Å²) in [5, 5.41) is 8.96. The second kappa shape index (κ2) is 2.93. The van der Waals surface area contributed by atoms with Gasteiger partial charge in [0.15, 0.2) is 0 Å². The van der Waals surface area contributed by atoms with E-state index in [0.717, 1.165) is 19.1 Å². The van der Waals surface area contributed by atoms with Gasteiger partial charge in [-0.05, 0) is 25.2 Å². The van der Waals surface area contributed by atoms with Crippen LogP contribution >= 0.6 is 0 Å². The van der Waals surface area contributed by atoms with E-state index >= 15 is 0 Å². The number of nitrogens with zero attached hydrogens (tertiary/aromatic N) is 1. The van der Waals surface area contributed by atoms with Crippen molar-refractivity contribution < 1.29 is 18.3 Å². The molecule has 0 aromatic carbocycles. The van der Waals surface area contributed by atoms with Crippen molar-refractivity contribution in [1.82, 2.24) is 4.31 Å². The Labute approximate surface area is 82.8 Å². The summed E-state index contributed by atoms with van der Waals surface area (Å²) < 4.78 is 24.0. The maximum Gasteiger partial charge on any atom is 0.322 e. The van der Waals surface area contributed by atoms with Crippen molar-refractivity contribution in [2.45, 2.75) is 31.3 Å². The van der Waals surface area contributed by atoms with Crippen LogP contribution in [0.25, 0.3) is 0 Å². The third-order valence-electron chi connectivity index (χ3n) is 3.16. The third-order valence-corrected chi connectivity index (χ3v) is 4.45. The minimum absolute atomic E-state index is 0.0206. The van der Waals surface area contributed by atoms with Gasteiger partial charge in [-0.3, -0.25) is 4.79 Å². The van der Waals surface area contributed by atoms with Gasteiger partial charge in [-0.25, -0.2) is 8.42 Å². The smallest absolute Gasteiger partial charge is 0.322 e. The zero-order valence-electron chi connectivity index (χ0n) is 7.88. The zero-order chi connectivity index (χ0) is 10.5. The molecule has 6 heteroatoms. The molecule has 0 spiro atoms. The van der Waals surface area contributed by atoms with Crippen molar-refractivity contribution in [2.24, 2.45) is 5.92 Å². The fourth-order valence-electron chi connectivity index (χ4n) is 2.73. The number of carboxylic acids is 1. The highest BCUT2D eigenvalue weighted by atomic mass is 32.2. The average molecular weight is 219 g/mol. The van der Waals surface area contributed by atoms with Crippen molar-refractivity contribution in [2.75, 3.05) is 6.26 Å². The van der Waals surface area contributed by atoms with Crippen molar-refractivity contribution in [3.05, 3.63) is 0 Å². The predicted octanol–water partition coefficient (Wildman–Crippen LogP) is -0.117. The van der Waals surface area contributed by atoms with Crippen molar-refractivity contribution in [3.63, 3.8) is 0 Å². The highest BCUT2D eigenvalue weighted by molar-refractivity contribution is 7.88. The van der Waals surface area contributed by atoms with Crippen molar-refractivity contribution in [1.29, 1.82) is 0 Å². The molecule has 0 aromatic rings. The Bertz CT molecular complexity index is 364. The van der Waals surface area contributed by atoms with Gasteiger partial charge < -0.3 is 5.11 Å². The molecule has 0 amide bonds. The Morgan fingerprint density at radius 3 is 2.50 bits per heavy atom. The monoisotopic (exact) mass is 219 g/mol. The SMILES string of the molecule is CS(=O)(=O)N1C2CCC(C2)C1C(=O)O. The number of piperidine rings is 1. The molecule has 1 saturated heterocycles. The molecule has 80 valence electrons. The van der Waals surface area contributed by atoms with Gasteiger partial charge >= 0.3 is 5.97 Å². The normalized spacial score (nSPS) is 37.6. The molecule has 1 aliphatic carbocycles. The highest BCUT2D eigenvalue weighted by Gasteiger charge is 2.53. The number of carboxylic acid groups (broad SMARTS) is 1. The Morgan fingerprint density at radius 2 is 2.07 bits per heavy atom. The van der Waals surface area contributed by atoms with Gasteiger partial charge in [0.05, 0.1) is 6.26 Å². The first-order valence-electron chi connectivity index (χ1n) is 4.62. The van der Waals surface area contributed by atoms with Crippen LogP contribution in [0.3, 0.4) is 0 Å². The van der Waals surface area contributed by atoms with Crippen LogP contribution < -0.4 is 0 Å². The van der Waals surface area contributed by atoms with Gasteiger partial charge in [-0.2, -0.15) is 4.31 Å². The lowest BCUT2D eigenvalue weighted by atomic mass is 10.0. The summed E-state index contributed by atoms with van der Waals surface area (Å²) in [4.78, 5) is 10.9. The molecular formula is C8H13NO4S. The summed E-state index contributed by atoms with van der Waals surface area (Å²) in [6.07, 6.45) is 3.45. The molecule has 0 radical (unpaired) electrons. The maximum absolute atomic E-state index is 11.4. The Hall–Kier alpha value is -0.620. The van der Waals surface area contributed by atoms with Crippen LogP contribution in [0.1, 0.15) is 19.3 Å². The fraction of sp³-hybridized carbons (Fsp3) is 0.875. The Kier molecular flexibility index (Phi) is 2.08. The second-order valence-electron chi connectivity index (χ2n) is 4.10. The minimum Gasteiger partial charge on any atom is -0.480 e. The van der Waals surface area contributed by atoms with E-state index in [1.54, 1.807) is 0 Å². The molecule has 1 N–H and O–H groups in total. The molecule has 2 rings (SSSR count). The van der Waals surface area contributed by atoms with Crippen molar-refractivity contribution in [3.8, 4) is 0 Å². The topological polar surface area (TPSA) is 74.7 Å². The van der Waals surface area contributed by atoms with Gasteiger partial charge in [0.1, 0.15) is 6.04 Å². The lowest BCUT2D eigenvalue weighted by Crippen LogP contribution is -2.48. The first-order chi connectivity index (χ1) is 6.41. The molecule has 1 heterocycles. The van der Waals surface area contributed by atoms with Crippen LogP contribution in [0.15, 0.2) is 0 Å². The second-order valence-corrected chi connectivity index (χ2v) is 5.99. The number of sulfonamides is 1. The maximum atomic E-state index is 11.4. The molecule has 0 aromatic heterocycles. The molecule has 3 atom stereocenters. The first-order valence-corrected chi connectivity index (χ1v) is 6.47. The first kappa shape index (κ1) is 9.92. The zero-order valence-corrected chi connectivity index (χ0v) is 8.70. The van der Waals surface area contributed by atoms with Gasteiger partial charge in [0.2, 0.25) is 10.0 Å². The number of hydrogen-bond donors (Lipinski definition) is 1.